The van der Waals surface area contributed by atoms with Crippen LogP contribution in [0.2, 0.25) is 0 Å². The van der Waals surface area contributed by atoms with Crippen LogP contribution < -0.4 is 0 Å². The Morgan fingerprint density at radius 1 is 1.42 bits per heavy atom. The third kappa shape index (κ3) is 1.28. The molecule has 0 saturated heterocycles. The molecule has 0 N–H and O–H groups in total. The third-order valence-electron chi connectivity index (χ3n) is 1.70. The Kier molecular flexibility index (Phi) is 1.96. The third-order valence-corrected chi connectivity index (χ3v) is 2.95. The van der Waals surface area contributed by atoms with Gasteiger partial charge < -0.3 is 4.52 Å². The van der Waals surface area contributed by atoms with Crippen LogP contribution in [-0.4, -0.2) is 5.16 Å². The van der Waals surface area contributed by atoms with Gasteiger partial charge in [-0.1, -0.05) is 12.1 Å². The van der Waals surface area contributed by atoms with Crippen LogP contribution in [0.1, 0.15) is 11.8 Å². The molecule has 2 rings (SSSR count). The van der Waals surface area contributed by atoms with Crippen LogP contribution in [0.25, 0.3) is 10.6 Å². The molecule has 0 radical (unpaired) electrons. The van der Waals surface area contributed by atoms with Crippen molar-refractivity contribution in [1.29, 1.82) is 0 Å². The molecule has 0 aliphatic rings. The summed E-state index contributed by atoms with van der Waals surface area (Å²) in [7, 11) is 0. The van der Waals surface area contributed by atoms with Gasteiger partial charge in [0.1, 0.15) is 12.0 Å². The first-order valence-electron chi connectivity index (χ1n) is 3.89. The fourth-order valence-corrected chi connectivity index (χ4v) is 1.95. The number of aryl methyl sites for hydroxylation is 1. The number of thiophene rings is 1. The van der Waals surface area contributed by atoms with Gasteiger partial charge in [0.2, 0.25) is 0 Å². The van der Waals surface area contributed by atoms with Crippen molar-refractivity contribution in [2.45, 2.75) is 13.3 Å². The predicted octanol–water partition coefficient (Wildman–Crippen LogP) is 2.97. The molecular weight excluding hydrogens is 170 g/mol. The van der Waals surface area contributed by atoms with Gasteiger partial charge in [0, 0.05) is 10.9 Å². The van der Waals surface area contributed by atoms with Crippen molar-refractivity contribution < 1.29 is 4.52 Å². The highest BCUT2D eigenvalue weighted by Crippen LogP contribution is 2.26. The first-order chi connectivity index (χ1) is 5.90. The maximum Gasteiger partial charge on any atom is 0.124 e. The van der Waals surface area contributed by atoms with Crippen LogP contribution in [0.4, 0.5) is 0 Å². The van der Waals surface area contributed by atoms with Gasteiger partial charge in [-0.2, -0.15) is 0 Å². The summed E-state index contributed by atoms with van der Waals surface area (Å²) in [6.07, 6.45) is 2.68. The number of rotatable bonds is 2. The molecule has 62 valence electrons. The fraction of sp³-hybridized carbons (Fsp3) is 0.222. The van der Waals surface area contributed by atoms with E-state index in [9.17, 15) is 0 Å². The molecule has 12 heavy (non-hydrogen) atoms. The summed E-state index contributed by atoms with van der Waals surface area (Å²) >= 11 is 1.77. The largest absolute Gasteiger partial charge is 0.364 e. The van der Waals surface area contributed by atoms with Crippen molar-refractivity contribution in [2.75, 3.05) is 0 Å². The summed E-state index contributed by atoms with van der Waals surface area (Å²) in [6, 6.07) is 6.10. The summed E-state index contributed by atoms with van der Waals surface area (Å²) in [6.45, 7) is 2.15. The molecule has 0 spiro atoms. The summed E-state index contributed by atoms with van der Waals surface area (Å²) in [5.74, 6) is 0. The lowest BCUT2D eigenvalue weighted by atomic mass is 10.3. The molecule has 2 nitrogen and oxygen atoms in total. The lowest BCUT2D eigenvalue weighted by Gasteiger charge is -1.85. The molecule has 0 aliphatic heterocycles. The Hall–Kier alpha value is -1.09. The Morgan fingerprint density at radius 2 is 2.33 bits per heavy atom. The molecule has 0 unspecified atom stereocenters. The predicted molar refractivity (Wildman–Crippen MR) is 49.2 cm³/mol. The van der Waals surface area contributed by atoms with Gasteiger partial charge in [-0.05, 0) is 18.6 Å². The number of hydrogen-bond acceptors (Lipinski definition) is 3. The van der Waals surface area contributed by atoms with Gasteiger partial charge in [-0.25, -0.2) is 0 Å². The van der Waals surface area contributed by atoms with E-state index in [0.717, 1.165) is 12.1 Å². The highest BCUT2D eigenvalue weighted by Gasteiger charge is 2.03. The second-order valence-electron chi connectivity index (χ2n) is 2.50. The summed E-state index contributed by atoms with van der Waals surface area (Å²) in [5, 5.41) is 3.87. The summed E-state index contributed by atoms with van der Waals surface area (Å²) in [5.41, 5.74) is 0.930. The van der Waals surface area contributed by atoms with Crippen molar-refractivity contribution in [3.8, 4) is 10.6 Å². The molecule has 0 saturated carbocycles. The van der Waals surface area contributed by atoms with Gasteiger partial charge in [-0.3, -0.25) is 0 Å². The fourth-order valence-electron chi connectivity index (χ4n) is 1.05. The maximum absolute atomic E-state index is 4.77. The van der Waals surface area contributed by atoms with Gasteiger partial charge in [0.25, 0.3) is 0 Å². The van der Waals surface area contributed by atoms with Crippen LogP contribution in [0.5, 0.6) is 0 Å². The second-order valence-corrected chi connectivity index (χ2v) is 3.67. The second kappa shape index (κ2) is 3.11. The van der Waals surface area contributed by atoms with E-state index >= 15 is 0 Å². The Morgan fingerprint density at radius 3 is 2.92 bits per heavy atom. The van der Waals surface area contributed by atoms with E-state index in [0.29, 0.717) is 0 Å². The van der Waals surface area contributed by atoms with Gasteiger partial charge in [0.15, 0.2) is 0 Å². The molecule has 2 aromatic heterocycles. The normalized spacial score (nSPS) is 10.4. The number of nitrogens with zero attached hydrogens (tertiary/aromatic N) is 1. The SMILES string of the molecule is CCc1ccc(-c2ccon2)s1. The van der Waals surface area contributed by atoms with Crippen molar-refractivity contribution >= 4 is 11.3 Å². The molecule has 0 aromatic carbocycles. The molecule has 0 amide bonds. The zero-order valence-corrected chi connectivity index (χ0v) is 7.60. The van der Waals surface area contributed by atoms with Crippen LogP contribution >= 0.6 is 11.3 Å². The van der Waals surface area contributed by atoms with Crippen LogP contribution in [0, 0.1) is 0 Å². The molecule has 2 aromatic rings. The standard InChI is InChI=1S/C9H9NOS/c1-2-7-3-4-9(12-7)8-5-6-11-10-8/h3-6H,2H2,1H3. The Labute approximate surface area is 74.8 Å². The minimum atomic E-state index is 0.930. The lowest BCUT2D eigenvalue weighted by molar-refractivity contribution is 0.422. The molecule has 0 aliphatic carbocycles. The average Bonchev–Trinajstić information content (AvgIpc) is 2.75. The van der Waals surface area contributed by atoms with E-state index in [-0.39, 0.29) is 0 Å². The quantitative estimate of drug-likeness (QED) is 0.708. The van der Waals surface area contributed by atoms with E-state index in [1.165, 1.54) is 9.75 Å². The first kappa shape index (κ1) is 7.55. The zero-order chi connectivity index (χ0) is 8.39. The molecular formula is C9H9NOS. The van der Waals surface area contributed by atoms with E-state index in [4.69, 9.17) is 4.52 Å². The zero-order valence-electron chi connectivity index (χ0n) is 6.78. The molecule has 0 bridgehead atoms. The topological polar surface area (TPSA) is 26.0 Å². The van der Waals surface area contributed by atoms with Gasteiger partial charge >= 0.3 is 0 Å². The van der Waals surface area contributed by atoms with Gasteiger partial charge in [0.05, 0.1) is 4.88 Å². The van der Waals surface area contributed by atoms with Gasteiger partial charge in [-0.15, -0.1) is 11.3 Å². The van der Waals surface area contributed by atoms with Crippen molar-refractivity contribution in [1.82, 2.24) is 5.16 Å². The average molecular weight is 179 g/mol. The maximum atomic E-state index is 4.77. The minimum absolute atomic E-state index is 0.930. The highest BCUT2D eigenvalue weighted by molar-refractivity contribution is 7.15. The first-order valence-corrected chi connectivity index (χ1v) is 4.71. The molecule has 2 heterocycles. The van der Waals surface area contributed by atoms with E-state index in [1.54, 1.807) is 17.6 Å². The van der Waals surface area contributed by atoms with Crippen LogP contribution in [0.3, 0.4) is 0 Å². The van der Waals surface area contributed by atoms with Crippen molar-refractivity contribution in [3.05, 3.63) is 29.3 Å². The summed E-state index contributed by atoms with van der Waals surface area (Å²) in [4.78, 5) is 2.56. The Bertz CT molecular complexity index is 350. The summed E-state index contributed by atoms with van der Waals surface area (Å²) < 4.78 is 4.77. The number of hydrogen-bond donors (Lipinski definition) is 0. The molecule has 0 atom stereocenters. The smallest absolute Gasteiger partial charge is 0.124 e. The highest BCUT2D eigenvalue weighted by atomic mass is 32.1. The lowest BCUT2D eigenvalue weighted by Crippen LogP contribution is -1.67. The monoisotopic (exact) mass is 179 g/mol. The number of aromatic nitrogens is 1. The van der Waals surface area contributed by atoms with E-state index in [2.05, 4.69) is 24.2 Å². The minimum Gasteiger partial charge on any atom is -0.364 e. The van der Waals surface area contributed by atoms with E-state index in [1.807, 2.05) is 6.07 Å². The molecule has 0 fully saturated rings. The molecule has 3 heteroatoms. The van der Waals surface area contributed by atoms with Crippen LogP contribution in [-0.2, 0) is 6.42 Å². The van der Waals surface area contributed by atoms with Crippen molar-refractivity contribution in [3.63, 3.8) is 0 Å². The van der Waals surface area contributed by atoms with Crippen LogP contribution in [0.15, 0.2) is 29.0 Å². The van der Waals surface area contributed by atoms with Crippen molar-refractivity contribution in [2.24, 2.45) is 0 Å². The Balaban J connectivity index is 2.35. The van der Waals surface area contributed by atoms with E-state index < -0.39 is 0 Å².